The van der Waals surface area contributed by atoms with Gasteiger partial charge in [0.2, 0.25) is 0 Å². The van der Waals surface area contributed by atoms with Gasteiger partial charge in [0.15, 0.2) is 0 Å². The molecule has 0 spiro atoms. The van der Waals surface area contributed by atoms with Gasteiger partial charge in [0.05, 0.1) is 11.1 Å². The monoisotopic (exact) mass is 186 g/mol. The van der Waals surface area contributed by atoms with Gasteiger partial charge in [-0.3, -0.25) is 0 Å². The van der Waals surface area contributed by atoms with Crippen molar-refractivity contribution >= 4 is 11.3 Å². The van der Waals surface area contributed by atoms with Crippen molar-refractivity contribution in [3.05, 3.63) is 16.1 Å². The van der Waals surface area contributed by atoms with Crippen LogP contribution < -0.4 is 5.32 Å². The van der Waals surface area contributed by atoms with E-state index in [1.54, 1.807) is 11.3 Å². The highest BCUT2D eigenvalue weighted by Gasteiger charge is 2.06. The highest BCUT2D eigenvalue weighted by atomic mass is 32.1. The first kappa shape index (κ1) is 9.64. The summed E-state index contributed by atoms with van der Waals surface area (Å²) < 4.78 is 0. The number of nitrogens with zero attached hydrogens (tertiary/aromatic N) is 1. The lowest BCUT2D eigenvalue weighted by Crippen LogP contribution is -2.25. The van der Waals surface area contributed by atoms with E-state index in [1.807, 2.05) is 19.4 Å². The molecule has 1 atom stereocenters. The lowest BCUT2D eigenvalue weighted by molar-refractivity contribution is 0.174. The van der Waals surface area contributed by atoms with Crippen LogP contribution in [0, 0.1) is 6.92 Å². The summed E-state index contributed by atoms with van der Waals surface area (Å²) in [7, 11) is 1.83. The molecule has 0 radical (unpaired) electrons. The third kappa shape index (κ3) is 2.89. The minimum absolute atomic E-state index is 0.319. The Morgan fingerprint density at radius 1 is 1.75 bits per heavy atom. The summed E-state index contributed by atoms with van der Waals surface area (Å²) in [6.07, 6.45) is 0.333. The lowest BCUT2D eigenvalue weighted by Gasteiger charge is -2.06. The van der Waals surface area contributed by atoms with Crippen LogP contribution in [0.3, 0.4) is 0 Å². The van der Waals surface area contributed by atoms with Crippen LogP contribution in [0.25, 0.3) is 0 Å². The van der Waals surface area contributed by atoms with Crippen molar-refractivity contribution in [3.8, 4) is 0 Å². The minimum atomic E-state index is -0.319. The SMILES string of the molecule is CNCC(O)Cc1nc(C)cs1. The molecule has 0 aliphatic heterocycles. The second-order valence-corrected chi connectivity index (χ2v) is 3.74. The van der Waals surface area contributed by atoms with E-state index in [9.17, 15) is 5.11 Å². The Hall–Kier alpha value is -0.450. The zero-order chi connectivity index (χ0) is 8.97. The van der Waals surface area contributed by atoms with Gasteiger partial charge >= 0.3 is 0 Å². The number of thiazole rings is 1. The fourth-order valence-electron chi connectivity index (χ4n) is 1.01. The van der Waals surface area contributed by atoms with Crippen LogP contribution in [0.15, 0.2) is 5.38 Å². The highest BCUT2D eigenvalue weighted by Crippen LogP contribution is 2.10. The average Bonchev–Trinajstić information content (AvgIpc) is 2.36. The van der Waals surface area contributed by atoms with Gasteiger partial charge in [-0.25, -0.2) is 4.98 Å². The van der Waals surface area contributed by atoms with Crippen molar-refractivity contribution in [2.75, 3.05) is 13.6 Å². The topological polar surface area (TPSA) is 45.1 Å². The smallest absolute Gasteiger partial charge is 0.0954 e. The number of rotatable bonds is 4. The Morgan fingerprint density at radius 2 is 2.50 bits per heavy atom. The molecule has 0 amide bonds. The number of aromatic nitrogens is 1. The van der Waals surface area contributed by atoms with E-state index >= 15 is 0 Å². The molecule has 4 heteroatoms. The van der Waals surface area contributed by atoms with E-state index < -0.39 is 0 Å². The third-order valence-electron chi connectivity index (χ3n) is 1.52. The van der Waals surface area contributed by atoms with Gasteiger partial charge in [0.25, 0.3) is 0 Å². The number of aliphatic hydroxyl groups excluding tert-OH is 1. The lowest BCUT2D eigenvalue weighted by atomic mass is 10.2. The largest absolute Gasteiger partial charge is 0.391 e. The number of aryl methyl sites for hydroxylation is 1. The van der Waals surface area contributed by atoms with E-state index in [0.29, 0.717) is 13.0 Å². The van der Waals surface area contributed by atoms with Crippen LogP contribution in [0.1, 0.15) is 10.7 Å². The number of hydrogen-bond acceptors (Lipinski definition) is 4. The molecule has 12 heavy (non-hydrogen) atoms. The first-order valence-corrected chi connectivity index (χ1v) is 4.84. The predicted molar refractivity (Wildman–Crippen MR) is 50.5 cm³/mol. The summed E-state index contributed by atoms with van der Waals surface area (Å²) >= 11 is 1.60. The van der Waals surface area contributed by atoms with Gasteiger partial charge < -0.3 is 10.4 Å². The standard InChI is InChI=1S/C8H14N2OS/c1-6-5-12-8(10-6)3-7(11)4-9-2/h5,7,9,11H,3-4H2,1-2H3. The summed E-state index contributed by atoms with van der Waals surface area (Å²) in [6, 6.07) is 0. The van der Waals surface area contributed by atoms with Crippen LogP contribution in [-0.4, -0.2) is 29.8 Å². The Morgan fingerprint density at radius 3 is 3.00 bits per heavy atom. The summed E-state index contributed by atoms with van der Waals surface area (Å²) in [6.45, 7) is 2.59. The van der Waals surface area contributed by atoms with E-state index in [2.05, 4.69) is 10.3 Å². The highest BCUT2D eigenvalue weighted by molar-refractivity contribution is 7.09. The van der Waals surface area contributed by atoms with Gasteiger partial charge in [0, 0.05) is 24.0 Å². The van der Waals surface area contributed by atoms with Crippen molar-refractivity contribution in [1.82, 2.24) is 10.3 Å². The summed E-state index contributed by atoms with van der Waals surface area (Å²) in [5, 5.41) is 15.3. The molecule has 1 heterocycles. The summed E-state index contributed by atoms with van der Waals surface area (Å²) in [4.78, 5) is 4.26. The minimum Gasteiger partial charge on any atom is -0.391 e. The molecule has 0 saturated carbocycles. The molecule has 1 unspecified atom stereocenters. The summed E-state index contributed by atoms with van der Waals surface area (Å²) in [5.74, 6) is 0. The van der Waals surface area contributed by atoms with Crippen molar-refractivity contribution in [3.63, 3.8) is 0 Å². The van der Waals surface area contributed by atoms with Gasteiger partial charge in [-0.2, -0.15) is 0 Å². The van der Waals surface area contributed by atoms with Crippen molar-refractivity contribution in [2.45, 2.75) is 19.4 Å². The van der Waals surface area contributed by atoms with Gasteiger partial charge in [-0.05, 0) is 14.0 Å². The molecule has 3 nitrogen and oxygen atoms in total. The van der Waals surface area contributed by atoms with Crippen LogP contribution in [0.4, 0.5) is 0 Å². The van der Waals surface area contributed by atoms with Crippen LogP contribution in [-0.2, 0) is 6.42 Å². The fraction of sp³-hybridized carbons (Fsp3) is 0.625. The number of likely N-dealkylation sites (N-methyl/N-ethyl adjacent to an activating group) is 1. The van der Waals surface area contributed by atoms with E-state index in [4.69, 9.17) is 0 Å². The molecule has 1 aromatic heterocycles. The second kappa shape index (κ2) is 4.54. The van der Waals surface area contributed by atoms with Crippen molar-refractivity contribution in [1.29, 1.82) is 0 Å². The maximum absolute atomic E-state index is 9.42. The molecular formula is C8H14N2OS. The number of aliphatic hydroxyl groups is 1. The van der Waals surface area contributed by atoms with Gasteiger partial charge in [-0.15, -0.1) is 11.3 Å². The van der Waals surface area contributed by atoms with E-state index in [1.165, 1.54) is 0 Å². The quantitative estimate of drug-likeness (QED) is 0.723. The maximum atomic E-state index is 9.42. The molecule has 0 saturated heterocycles. The fourth-order valence-corrected chi connectivity index (χ4v) is 1.85. The molecule has 0 aliphatic rings. The second-order valence-electron chi connectivity index (χ2n) is 2.80. The van der Waals surface area contributed by atoms with Gasteiger partial charge in [-0.1, -0.05) is 0 Å². The molecule has 68 valence electrons. The van der Waals surface area contributed by atoms with Crippen LogP contribution >= 0.6 is 11.3 Å². The van der Waals surface area contributed by atoms with Crippen molar-refractivity contribution < 1.29 is 5.11 Å². The maximum Gasteiger partial charge on any atom is 0.0954 e. The Bertz CT molecular complexity index is 237. The predicted octanol–water partition coefficient (Wildman–Crippen LogP) is 0.574. The third-order valence-corrected chi connectivity index (χ3v) is 2.51. The average molecular weight is 186 g/mol. The van der Waals surface area contributed by atoms with Crippen LogP contribution in [0.5, 0.6) is 0 Å². The zero-order valence-corrected chi connectivity index (χ0v) is 8.19. The first-order chi connectivity index (χ1) is 5.72. The molecule has 0 aliphatic carbocycles. The van der Waals surface area contributed by atoms with Crippen molar-refractivity contribution in [2.24, 2.45) is 0 Å². The molecule has 1 rings (SSSR count). The Kier molecular flexibility index (Phi) is 3.65. The number of hydrogen-bond donors (Lipinski definition) is 2. The van der Waals surface area contributed by atoms with E-state index in [-0.39, 0.29) is 6.10 Å². The molecule has 1 aromatic rings. The first-order valence-electron chi connectivity index (χ1n) is 3.96. The molecule has 0 bridgehead atoms. The molecule has 2 N–H and O–H groups in total. The zero-order valence-electron chi connectivity index (χ0n) is 7.37. The Labute approximate surface area is 76.5 Å². The molecular weight excluding hydrogens is 172 g/mol. The molecule has 0 aromatic carbocycles. The van der Waals surface area contributed by atoms with Gasteiger partial charge in [0.1, 0.15) is 0 Å². The number of nitrogens with one attached hydrogen (secondary N) is 1. The van der Waals surface area contributed by atoms with E-state index in [0.717, 1.165) is 10.7 Å². The van der Waals surface area contributed by atoms with Crippen LogP contribution in [0.2, 0.25) is 0 Å². The molecule has 0 fully saturated rings. The Balaban J connectivity index is 2.41. The normalized spacial score (nSPS) is 13.2. The summed E-state index contributed by atoms with van der Waals surface area (Å²) in [5.41, 5.74) is 1.03.